The summed E-state index contributed by atoms with van der Waals surface area (Å²) in [6.45, 7) is 2.30. The number of aryl methyl sites for hydroxylation is 1. The minimum Gasteiger partial charge on any atom is -0.488 e. The summed E-state index contributed by atoms with van der Waals surface area (Å²) in [6.07, 6.45) is 9.84. The first-order valence-corrected chi connectivity index (χ1v) is 9.22. The molecule has 0 spiro atoms. The highest BCUT2D eigenvalue weighted by molar-refractivity contribution is 5.73. The normalized spacial score (nSPS) is 15.2. The van der Waals surface area contributed by atoms with E-state index in [1.807, 2.05) is 48.3 Å². The number of hydrogen-bond donors (Lipinski definition) is 1. The fraction of sp³-hybridized carbons (Fsp3) is 0.238. The molecule has 1 aliphatic carbocycles. The topological polar surface area (TPSA) is 88.7 Å². The van der Waals surface area contributed by atoms with Gasteiger partial charge in [-0.2, -0.15) is 10.4 Å². The van der Waals surface area contributed by atoms with E-state index in [4.69, 9.17) is 15.0 Å². The number of aromatic nitrogens is 4. The van der Waals surface area contributed by atoms with E-state index >= 15 is 0 Å². The maximum absolute atomic E-state index is 9.13. The largest absolute Gasteiger partial charge is 0.488 e. The Labute approximate surface area is 162 Å². The van der Waals surface area contributed by atoms with Crippen LogP contribution in [-0.2, 0) is 0 Å². The highest BCUT2D eigenvalue weighted by Crippen LogP contribution is 2.35. The monoisotopic (exact) mass is 370 g/mol. The fourth-order valence-electron chi connectivity index (χ4n) is 3.25. The molecule has 0 saturated heterocycles. The lowest BCUT2D eigenvalue weighted by Crippen LogP contribution is -2.06. The third-order valence-electron chi connectivity index (χ3n) is 4.89. The van der Waals surface area contributed by atoms with Gasteiger partial charge >= 0.3 is 0 Å². The average Bonchev–Trinajstić information content (AvgIpc) is 3.47. The van der Waals surface area contributed by atoms with Crippen LogP contribution in [0.15, 0.2) is 42.4 Å². The first kappa shape index (κ1) is 16.5. The van der Waals surface area contributed by atoms with E-state index in [0.29, 0.717) is 24.2 Å². The van der Waals surface area contributed by atoms with Crippen molar-refractivity contribution < 1.29 is 4.74 Å². The maximum atomic E-state index is 9.13. The van der Waals surface area contributed by atoms with Crippen molar-refractivity contribution in [3.8, 4) is 23.1 Å². The Morgan fingerprint density at radius 2 is 2.18 bits per heavy atom. The predicted molar refractivity (Wildman–Crippen MR) is 105 cm³/mol. The molecule has 7 nitrogen and oxygen atoms in total. The molecule has 0 unspecified atom stereocenters. The molecule has 0 bridgehead atoms. The van der Waals surface area contributed by atoms with Crippen LogP contribution in [0, 0.1) is 18.3 Å². The summed E-state index contributed by atoms with van der Waals surface area (Å²) in [5, 5.41) is 16.8. The molecule has 0 radical (unpaired) electrons. The van der Waals surface area contributed by atoms with Crippen LogP contribution in [-0.4, -0.2) is 26.4 Å². The third-order valence-corrected chi connectivity index (χ3v) is 4.89. The Bertz CT molecular complexity index is 1140. The van der Waals surface area contributed by atoms with Crippen molar-refractivity contribution in [3.63, 3.8) is 0 Å². The molecule has 1 saturated carbocycles. The van der Waals surface area contributed by atoms with E-state index in [9.17, 15) is 0 Å². The lowest BCUT2D eigenvalue weighted by atomic mass is 10.0. The number of rotatable bonds is 4. The van der Waals surface area contributed by atoms with Gasteiger partial charge in [-0.05, 0) is 49.6 Å². The molecule has 5 rings (SSSR count). The van der Waals surface area contributed by atoms with Gasteiger partial charge in [-0.1, -0.05) is 0 Å². The van der Waals surface area contributed by atoms with E-state index in [2.05, 4.69) is 21.5 Å². The van der Waals surface area contributed by atoms with Gasteiger partial charge in [0.25, 0.3) is 0 Å². The molecule has 138 valence electrons. The smallest absolute Gasteiger partial charge is 0.227 e. The molecule has 0 amide bonds. The minimum atomic E-state index is 0.317. The molecule has 3 aromatic rings. The number of fused-ring (bicyclic) bond motifs is 1. The molecule has 7 heteroatoms. The second-order valence-corrected chi connectivity index (χ2v) is 7.11. The van der Waals surface area contributed by atoms with Gasteiger partial charge in [0.05, 0.1) is 35.3 Å². The number of nitriles is 1. The molecule has 2 aliphatic rings. The Balaban J connectivity index is 1.46. The zero-order chi connectivity index (χ0) is 19.1. The Hall–Kier alpha value is -3.66. The molecule has 1 aromatic carbocycles. The van der Waals surface area contributed by atoms with Gasteiger partial charge in [-0.25, -0.2) is 9.97 Å². The van der Waals surface area contributed by atoms with E-state index in [1.54, 1.807) is 6.20 Å². The maximum Gasteiger partial charge on any atom is 0.227 e. The van der Waals surface area contributed by atoms with Gasteiger partial charge in [-0.3, -0.25) is 4.68 Å². The molecular formula is C21H18N6O. The summed E-state index contributed by atoms with van der Waals surface area (Å²) in [6, 6.07) is 8.59. The van der Waals surface area contributed by atoms with Gasteiger partial charge in [-0.15, -0.1) is 0 Å². The predicted octanol–water partition coefficient (Wildman–Crippen LogP) is 4.03. The van der Waals surface area contributed by atoms with Crippen LogP contribution in [0.1, 0.15) is 30.0 Å². The highest BCUT2D eigenvalue weighted by Gasteiger charge is 2.24. The second-order valence-electron chi connectivity index (χ2n) is 7.11. The van der Waals surface area contributed by atoms with Crippen molar-refractivity contribution in [1.29, 1.82) is 5.26 Å². The van der Waals surface area contributed by atoms with Crippen LogP contribution in [0.4, 0.5) is 11.6 Å². The number of nitrogens with zero attached hydrogens (tertiary/aromatic N) is 5. The Morgan fingerprint density at radius 3 is 3.00 bits per heavy atom. The molecule has 1 aliphatic heterocycles. The summed E-state index contributed by atoms with van der Waals surface area (Å²) >= 11 is 0. The van der Waals surface area contributed by atoms with Gasteiger partial charge in [0.2, 0.25) is 5.95 Å². The summed E-state index contributed by atoms with van der Waals surface area (Å²) in [5.74, 6) is 1.30. The lowest BCUT2D eigenvalue weighted by Gasteiger charge is -2.16. The van der Waals surface area contributed by atoms with Crippen LogP contribution < -0.4 is 10.1 Å². The van der Waals surface area contributed by atoms with Crippen molar-refractivity contribution in [2.24, 2.45) is 0 Å². The molecule has 3 heterocycles. The van der Waals surface area contributed by atoms with Crippen LogP contribution in [0.2, 0.25) is 0 Å². The van der Waals surface area contributed by atoms with E-state index in [-0.39, 0.29) is 0 Å². The first-order chi connectivity index (χ1) is 13.7. The van der Waals surface area contributed by atoms with Crippen molar-refractivity contribution in [3.05, 3.63) is 53.5 Å². The standard InChI is InChI=1S/C21H18N6O/c1-13-9-23-21(25-17-10-24-27(11-17)18-3-4-18)26-20(13)15-2-5-19-16(7-15)6-14(8-22)12-28-19/h2,5-7,9-11,18H,3-4,12H2,1H3,(H,23,25,26). The number of benzene rings is 1. The molecule has 2 aromatic heterocycles. The summed E-state index contributed by atoms with van der Waals surface area (Å²) in [5.41, 5.74) is 5.14. The summed E-state index contributed by atoms with van der Waals surface area (Å²) < 4.78 is 7.62. The molecular weight excluding hydrogens is 352 g/mol. The van der Waals surface area contributed by atoms with Gasteiger partial charge in [0.15, 0.2) is 0 Å². The first-order valence-electron chi connectivity index (χ1n) is 9.22. The van der Waals surface area contributed by atoms with E-state index in [0.717, 1.165) is 33.8 Å². The zero-order valence-corrected chi connectivity index (χ0v) is 15.4. The summed E-state index contributed by atoms with van der Waals surface area (Å²) in [7, 11) is 0. The molecule has 1 N–H and O–H groups in total. The van der Waals surface area contributed by atoms with E-state index in [1.165, 1.54) is 12.8 Å². The van der Waals surface area contributed by atoms with Crippen LogP contribution >= 0.6 is 0 Å². The number of anilines is 2. The quantitative estimate of drug-likeness (QED) is 0.746. The number of ether oxygens (including phenoxy) is 1. The average molecular weight is 370 g/mol. The fourth-order valence-corrected chi connectivity index (χ4v) is 3.25. The van der Waals surface area contributed by atoms with Gasteiger partial charge in [0, 0.05) is 23.5 Å². The highest BCUT2D eigenvalue weighted by atomic mass is 16.5. The third kappa shape index (κ3) is 3.09. The molecule has 1 fully saturated rings. The second kappa shape index (κ2) is 6.50. The van der Waals surface area contributed by atoms with Gasteiger partial charge < -0.3 is 10.1 Å². The van der Waals surface area contributed by atoms with Crippen LogP contribution in [0.3, 0.4) is 0 Å². The molecule has 28 heavy (non-hydrogen) atoms. The summed E-state index contributed by atoms with van der Waals surface area (Å²) in [4.78, 5) is 9.11. The van der Waals surface area contributed by atoms with E-state index < -0.39 is 0 Å². The Morgan fingerprint density at radius 1 is 1.29 bits per heavy atom. The minimum absolute atomic E-state index is 0.317. The van der Waals surface area contributed by atoms with Crippen molar-refractivity contribution in [2.75, 3.05) is 11.9 Å². The Kier molecular flexibility index (Phi) is 3.83. The lowest BCUT2D eigenvalue weighted by molar-refractivity contribution is 0.352. The zero-order valence-electron chi connectivity index (χ0n) is 15.4. The van der Waals surface area contributed by atoms with Crippen LogP contribution in [0.25, 0.3) is 17.3 Å². The van der Waals surface area contributed by atoms with Gasteiger partial charge in [0.1, 0.15) is 12.4 Å². The van der Waals surface area contributed by atoms with Crippen molar-refractivity contribution >= 4 is 17.7 Å². The van der Waals surface area contributed by atoms with Crippen molar-refractivity contribution in [1.82, 2.24) is 19.7 Å². The SMILES string of the molecule is Cc1cnc(Nc2cnn(C3CC3)c2)nc1-c1ccc2c(c1)C=C(C#N)CO2. The van der Waals surface area contributed by atoms with Crippen molar-refractivity contribution in [2.45, 2.75) is 25.8 Å². The number of hydrogen-bond acceptors (Lipinski definition) is 6. The van der Waals surface area contributed by atoms with Crippen LogP contribution in [0.5, 0.6) is 5.75 Å². The number of nitrogens with one attached hydrogen (secondary N) is 1. The molecule has 0 atom stereocenters.